The van der Waals surface area contributed by atoms with Gasteiger partial charge >= 0.3 is 0 Å². The molecule has 2 heterocycles. The van der Waals surface area contributed by atoms with Crippen LogP contribution in [0.5, 0.6) is 0 Å². The van der Waals surface area contributed by atoms with E-state index in [0.717, 1.165) is 34.3 Å². The average Bonchev–Trinajstić information content (AvgIpc) is 3.09. The van der Waals surface area contributed by atoms with E-state index in [0.29, 0.717) is 19.5 Å². The Kier molecular flexibility index (Phi) is 5.65. The van der Waals surface area contributed by atoms with E-state index in [9.17, 15) is 4.79 Å². The van der Waals surface area contributed by atoms with Gasteiger partial charge in [0, 0.05) is 37.0 Å². The number of carbonyl (C=O) groups is 1. The number of aromatic nitrogens is 1. The number of carbonyl (C=O) groups excluding carboxylic acids is 1. The Morgan fingerprint density at radius 3 is 3.00 bits per heavy atom. The van der Waals surface area contributed by atoms with Gasteiger partial charge in [-0.1, -0.05) is 25.1 Å². The lowest BCUT2D eigenvalue weighted by Gasteiger charge is -2.26. The molecule has 0 spiro atoms. The molecule has 1 atom stereocenters. The van der Waals surface area contributed by atoms with Crippen molar-refractivity contribution in [1.82, 2.24) is 15.6 Å². The van der Waals surface area contributed by atoms with Gasteiger partial charge in [0.05, 0.1) is 17.2 Å². The van der Waals surface area contributed by atoms with Gasteiger partial charge in [-0.25, -0.2) is 4.98 Å². The van der Waals surface area contributed by atoms with E-state index >= 15 is 0 Å². The van der Waals surface area contributed by atoms with Crippen molar-refractivity contribution in [3.63, 3.8) is 0 Å². The van der Waals surface area contributed by atoms with Crippen molar-refractivity contribution >= 4 is 28.9 Å². The minimum absolute atomic E-state index is 0.0583. The molecular weight excluding hydrogens is 334 g/mol. The fourth-order valence-electron chi connectivity index (χ4n) is 2.89. The number of thiazole rings is 1. The third kappa shape index (κ3) is 4.36. The first-order valence-electron chi connectivity index (χ1n) is 8.46. The molecule has 3 N–H and O–H groups in total. The number of aryl methyl sites for hydroxylation is 1. The number of fused-ring (bicyclic) bond motifs is 1. The maximum absolute atomic E-state index is 11.9. The quantitative estimate of drug-likeness (QED) is 0.567. The molecule has 25 heavy (non-hydrogen) atoms. The molecule has 0 radical (unpaired) electrons. The van der Waals surface area contributed by atoms with E-state index in [2.05, 4.69) is 44.3 Å². The van der Waals surface area contributed by atoms with Crippen LogP contribution in [0.4, 0.5) is 5.69 Å². The molecule has 1 unspecified atom stereocenters. The Labute approximate surface area is 151 Å². The van der Waals surface area contributed by atoms with E-state index in [1.54, 1.807) is 18.4 Å². The van der Waals surface area contributed by atoms with Crippen molar-refractivity contribution < 1.29 is 4.79 Å². The summed E-state index contributed by atoms with van der Waals surface area (Å²) in [4.78, 5) is 20.7. The summed E-state index contributed by atoms with van der Waals surface area (Å²) >= 11 is 1.68. The third-order valence-electron chi connectivity index (χ3n) is 4.18. The molecule has 7 heteroatoms. The standard InChI is InChI=1S/C18H23N5OS/c1-3-17-22-13(11-25-17)10-21-18(19-2)20-9-12-8-16(24)23-15-7-5-4-6-14(12)15/h4-7,11-12H,3,8-10H2,1-2H3,(H,23,24)(H2,19,20,21). The predicted molar refractivity (Wildman–Crippen MR) is 102 cm³/mol. The molecular formula is C18H23N5OS. The molecule has 6 nitrogen and oxygen atoms in total. The smallest absolute Gasteiger partial charge is 0.225 e. The van der Waals surface area contributed by atoms with E-state index in [4.69, 9.17) is 0 Å². The molecule has 0 bridgehead atoms. The highest BCUT2D eigenvalue weighted by molar-refractivity contribution is 7.09. The lowest BCUT2D eigenvalue weighted by atomic mass is 9.90. The summed E-state index contributed by atoms with van der Waals surface area (Å²) in [6.07, 6.45) is 1.44. The second kappa shape index (κ2) is 8.11. The van der Waals surface area contributed by atoms with Gasteiger partial charge in [-0.05, 0) is 18.1 Å². The maximum Gasteiger partial charge on any atom is 0.225 e. The van der Waals surface area contributed by atoms with Crippen LogP contribution < -0.4 is 16.0 Å². The van der Waals surface area contributed by atoms with Crippen LogP contribution in [0, 0.1) is 0 Å². The molecule has 132 valence electrons. The molecule has 1 amide bonds. The van der Waals surface area contributed by atoms with Crippen molar-refractivity contribution in [2.45, 2.75) is 32.2 Å². The highest BCUT2D eigenvalue weighted by atomic mass is 32.1. The van der Waals surface area contributed by atoms with Gasteiger partial charge in [-0.3, -0.25) is 9.79 Å². The maximum atomic E-state index is 11.9. The average molecular weight is 357 g/mol. The summed E-state index contributed by atoms with van der Waals surface area (Å²) < 4.78 is 0. The topological polar surface area (TPSA) is 78.4 Å². The van der Waals surface area contributed by atoms with Gasteiger partial charge in [0.2, 0.25) is 5.91 Å². The van der Waals surface area contributed by atoms with Crippen LogP contribution in [0.25, 0.3) is 0 Å². The van der Waals surface area contributed by atoms with Crippen molar-refractivity contribution in [3.05, 3.63) is 45.9 Å². The fraction of sp³-hybridized carbons (Fsp3) is 0.389. The Balaban J connectivity index is 1.57. The fourth-order valence-corrected chi connectivity index (χ4v) is 3.64. The molecule has 1 aliphatic heterocycles. The number of benzene rings is 1. The first-order chi connectivity index (χ1) is 12.2. The summed E-state index contributed by atoms with van der Waals surface area (Å²) in [6.45, 7) is 3.40. The number of guanidine groups is 1. The molecule has 0 saturated heterocycles. The summed E-state index contributed by atoms with van der Waals surface area (Å²) in [5.41, 5.74) is 3.09. The van der Waals surface area contributed by atoms with Crippen LogP contribution >= 0.6 is 11.3 Å². The van der Waals surface area contributed by atoms with Gasteiger partial charge in [0.25, 0.3) is 0 Å². The second-order valence-electron chi connectivity index (χ2n) is 5.93. The largest absolute Gasteiger partial charge is 0.356 e. The number of hydrogen-bond donors (Lipinski definition) is 3. The zero-order valence-electron chi connectivity index (χ0n) is 14.5. The first kappa shape index (κ1) is 17.4. The molecule has 3 rings (SSSR count). The lowest BCUT2D eigenvalue weighted by molar-refractivity contribution is -0.116. The normalized spacial score (nSPS) is 17.0. The molecule has 0 aliphatic carbocycles. The van der Waals surface area contributed by atoms with Crippen LogP contribution in [-0.2, 0) is 17.8 Å². The summed E-state index contributed by atoms with van der Waals surface area (Å²) in [7, 11) is 1.75. The van der Waals surface area contributed by atoms with E-state index in [1.807, 2.05) is 18.2 Å². The van der Waals surface area contributed by atoms with Crippen molar-refractivity contribution in [2.24, 2.45) is 4.99 Å². The summed E-state index contributed by atoms with van der Waals surface area (Å²) in [5.74, 6) is 0.909. The van der Waals surface area contributed by atoms with Crippen LogP contribution in [0.3, 0.4) is 0 Å². The van der Waals surface area contributed by atoms with Crippen LogP contribution in [0.2, 0.25) is 0 Å². The highest BCUT2D eigenvalue weighted by Crippen LogP contribution is 2.31. The van der Waals surface area contributed by atoms with Crippen LogP contribution in [0.15, 0.2) is 34.6 Å². The Bertz CT molecular complexity index is 770. The van der Waals surface area contributed by atoms with E-state index < -0.39 is 0 Å². The first-order valence-corrected chi connectivity index (χ1v) is 9.34. The molecule has 0 saturated carbocycles. The zero-order chi connectivity index (χ0) is 17.6. The number of nitrogens with one attached hydrogen (secondary N) is 3. The Hall–Kier alpha value is -2.41. The van der Waals surface area contributed by atoms with Gasteiger partial charge in [0.15, 0.2) is 5.96 Å². The lowest BCUT2D eigenvalue weighted by Crippen LogP contribution is -2.40. The molecule has 2 aromatic rings. The van der Waals surface area contributed by atoms with Gasteiger partial charge < -0.3 is 16.0 Å². The Morgan fingerprint density at radius 2 is 2.24 bits per heavy atom. The molecule has 0 fully saturated rings. The minimum Gasteiger partial charge on any atom is -0.356 e. The zero-order valence-corrected chi connectivity index (χ0v) is 15.3. The Morgan fingerprint density at radius 1 is 1.40 bits per heavy atom. The minimum atomic E-state index is 0.0583. The number of aliphatic imine (C=N–C) groups is 1. The van der Waals surface area contributed by atoms with Crippen molar-refractivity contribution in [1.29, 1.82) is 0 Å². The number of rotatable bonds is 5. The van der Waals surface area contributed by atoms with Gasteiger partial charge in [-0.15, -0.1) is 11.3 Å². The van der Waals surface area contributed by atoms with Crippen molar-refractivity contribution in [3.8, 4) is 0 Å². The second-order valence-corrected chi connectivity index (χ2v) is 6.87. The number of hydrogen-bond acceptors (Lipinski definition) is 4. The van der Waals surface area contributed by atoms with Crippen LogP contribution in [0.1, 0.15) is 35.5 Å². The number of nitrogens with zero attached hydrogens (tertiary/aromatic N) is 2. The summed E-state index contributed by atoms with van der Waals surface area (Å²) in [6, 6.07) is 7.96. The SMILES string of the molecule is CCc1nc(CNC(=NC)NCC2CC(=O)Nc3ccccc32)cs1. The third-order valence-corrected chi connectivity index (χ3v) is 5.23. The molecule has 1 aromatic heterocycles. The number of para-hydroxylation sites is 1. The van der Waals surface area contributed by atoms with Gasteiger partial charge in [-0.2, -0.15) is 0 Å². The van der Waals surface area contributed by atoms with E-state index in [-0.39, 0.29) is 11.8 Å². The monoisotopic (exact) mass is 357 g/mol. The summed E-state index contributed by atoms with van der Waals surface area (Å²) in [5, 5.41) is 12.7. The number of amides is 1. The highest BCUT2D eigenvalue weighted by Gasteiger charge is 2.24. The van der Waals surface area contributed by atoms with Crippen molar-refractivity contribution in [2.75, 3.05) is 18.9 Å². The number of anilines is 1. The molecule has 1 aliphatic rings. The molecule has 1 aromatic carbocycles. The van der Waals surface area contributed by atoms with Crippen LogP contribution in [-0.4, -0.2) is 30.4 Å². The van der Waals surface area contributed by atoms with Gasteiger partial charge in [0.1, 0.15) is 0 Å². The van der Waals surface area contributed by atoms with E-state index in [1.165, 1.54) is 0 Å². The predicted octanol–water partition coefficient (Wildman–Crippen LogP) is 2.50.